The Bertz CT molecular complexity index is 613. The van der Waals surface area contributed by atoms with Crippen molar-refractivity contribution in [2.45, 2.75) is 31.6 Å². The molecule has 0 spiro atoms. The zero-order valence-corrected chi connectivity index (χ0v) is 12.1. The molecule has 19 heavy (non-hydrogen) atoms. The monoisotopic (exact) mass is 276 g/mol. The van der Waals surface area contributed by atoms with E-state index in [1.807, 2.05) is 25.1 Å². The first kappa shape index (κ1) is 12.6. The lowest BCUT2D eigenvalue weighted by Crippen LogP contribution is -2.18. The summed E-state index contributed by atoms with van der Waals surface area (Å²) in [5, 5.41) is -0.253. The number of benzene rings is 1. The molecule has 1 atom stereocenters. The first-order valence-electron chi connectivity index (χ1n) is 6.44. The molecule has 0 saturated heterocycles. The average molecular weight is 277 g/mol. The molecule has 0 aliphatic carbocycles. The first-order chi connectivity index (χ1) is 8.99. The van der Waals surface area contributed by atoms with Crippen molar-refractivity contribution >= 4 is 11.6 Å². The number of fused-ring (bicyclic) bond motifs is 1. The number of aryl methyl sites for hydroxylation is 1. The van der Waals surface area contributed by atoms with Crippen molar-refractivity contribution < 1.29 is 9.15 Å². The molecule has 100 valence electrons. The van der Waals surface area contributed by atoms with Crippen LogP contribution in [0.5, 0.6) is 5.75 Å². The van der Waals surface area contributed by atoms with Gasteiger partial charge in [-0.15, -0.1) is 11.6 Å². The van der Waals surface area contributed by atoms with Crippen molar-refractivity contribution in [3.05, 3.63) is 53.0 Å². The van der Waals surface area contributed by atoms with Gasteiger partial charge in [-0.2, -0.15) is 0 Å². The highest BCUT2D eigenvalue weighted by Crippen LogP contribution is 2.41. The van der Waals surface area contributed by atoms with Gasteiger partial charge in [0.15, 0.2) is 0 Å². The highest BCUT2D eigenvalue weighted by molar-refractivity contribution is 6.22. The topological polar surface area (TPSA) is 22.4 Å². The summed E-state index contributed by atoms with van der Waals surface area (Å²) in [6, 6.07) is 8.10. The molecule has 1 unspecified atom stereocenters. The van der Waals surface area contributed by atoms with Crippen LogP contribution in [-0.4, -0.2) is 6.61 Å². The Morgan fingerprint density at radius 2 is 2.05 bits per heavy atom. The molecular weight excluding hydrogens is 260 g/mol. The molecule has 0 bridgehead atoms. The number of rotatable bonds is 2. The molecule has 2 heterocycles. The molecule has 0 amide bonds. The number of hydrogen-bond donors (Lipinski definition) is 0. The van der Waals surface area contributed by atoms with Crippen LogP contribution in [0.15, 0.2) is 34.9 Å². The van der Waals surface area contributed by atoms with Crippen LogP contribution in [0.2, 0.25) is 0 Å². The summed E-state index contributed by atoms with van der Waals surface area (Å²) < 4.78 is 11.2. The van der Waals surface area contributed by atoms with E-state index < -0.39 is 0 Å². The van der Waals surface area contributed by atoms with E-state index in [2.05, 4.69) is 19.9 Å². The summed E-state index contributed by atoms with van der Waals surface area (Å²) >= 11 is 6.54. The maximum absolute atomic E-state index is 6.54. The summed E-state index contributed by atoms with van der Waals surface area (Å²) in [5.74, 6) is 1.78. The van der Waals surface area contributed by atoms with E-state index in [9.17, 15) is 0 Å². The summed E-state index contributed by atoms with van der Waals surface area (Å²) in [6.07, 6.45) is 1.68. The Labute approximate surface area is 118 Å². The molecule has 1 aliphatic rings. The number of alkyl halides is 1. The highest BCUT2D eigenvalue weighted by atomic mass is 35.5. The fourth-order valence-electron chi connectivity index (χ4n) is 2.49. The molecule has 0 saturated carbocycles. The van der Waals surface area contributed by atoms with Crippen LogP contribution in [0.1, 0.15) is 41.7 Å². The van der Waals surface area contributed by atoms with Crippen molar-refractivity contribution in [3.63, 3.8) is 0 Å². The highest BCUT2D eigenvalue weighted by Gasteiger charge is 2.32. The van der Waals surface area contributed by atoms with Crippen LogP contribution in [0.25, 0.3) is 0 Å². The van der Waals surface area contributed by atoms with Crippen molar-refractivity contribution in [1.82, 2.24) is 0 Å². The van der Waals surface area contributed by atoms with Crippen LogP contribution < -0.4 is 4.74 Å². The fourth-order valence-corrected chi connectivity index (χ4v) is 2.85. The Kier molecular flexibility index (Phi) is 2.86. The largest absolute Gasteiger partial charge is 0.492 e. The van der Waals surface area contributed by atoms with Gasteiger partial charge in [-0.25, -0.2) is 0 Å². The quantitative estimate of drug-likeness (QED) is 0.749. The lowest BCUT2D eigenvalue weighted by Gasteiger charge is -2.17. The maximum Gasteiger partial charge on any atom is 0.128 e. The SMILES string of the molecule is Cc1ccoc1C(Cl)c1ccc2c(c1)C(C)(C)CO2. The van der Waals surface area contributed by atoms with Crippen molar-refractivity contribution in [1.29, 1.82) is 0 Å². The summed E-state index contributed by atoms with van der Waals surface area (Å²) in [5.41, 5.74) is 3.40. The van der Waals surface area contributed by atoms with Gasteiger partial charge in [-0.1, -0.05) is 19.9 Å². The molecule has 2 aromatic rings. The van der Waals surface area contributed by atoms with Crippen molar-refractivity contribution in [3.8, 4) is 5.75 Å². The third-order valence-electron chi connectivity index (χ3n) is 3.75. The average Bonchev–Trinajstić information content (AvgIpc) is 2.93. The van der Waals surface area contributed by atoms with E-state index in [0.717, 1.165) is 29.2 Å². The molecule has 0 radical (unpaired) electrons. The Morgan fingerprint density at radius 3 is 2.74 bits per heavy atom. The number of ether oxygens (including phenoxy) is 1. The minimum Gasteiger partial charge on any atom is -0.492 e. The van der Waals surface area contributed by atoms with Crippen LogP contribution in [0.3, 0.4) is 0 Å². The van der Waals surface area contributed by atoms with Crippen LogP contribution in [0.4, 0.5) is 0 Å². The minimum absolute atomic E-state index is 0.0418. The van der Waals surface area contributed by atoms with Gasteiger partial charge < -0.3 is 9.15 Å². The standard InChI is InChI=1S/C16H17ClO2/c1-10-6-7-18-15(10)14(17)11-4-5-13-12(8-11)16(2,3)9-19-13/h4-8,14H,9H2,1-3H3. The van der Waals surface area contributed by atoms with E-state index in [1.54, 1.807) is 6.26 Å². The second kappa shape index (κ2) is 4.31. The smallest absolute Gasteiger partial charge is 0.128 e. The van der Waals surface area contributed by atoms with Gasteiger partial charge in [0, 0.05) is 11.0 Å². The van der Waals surface area contributed by atoms with Crippen LogP contribution in [-0.2, 0) is 5.41 Å². The Balaban J connectivity index is 2.02. The van der Waals surface area contributed by atoms with Gasteiger partial charge in [-0.3, -0.25) is 0 Å². The number of furan rings is 1. The Hall–Kier alpha value is -1.41. The van der Waals surface area contributed by atoms with Crippen molar-refractivity contribution in [2.75, 3.05) is 6.61 Å². The zero-order valence-electron chi connectivity index (χ0n) is 11.4. The summed E-state index contributed by atoms with van der Waals surface area (Å²) in [4.78, 5) is 0. The zero-order chi connectivity index (χ0) is 13.6. The van der Waals surface area contributed by atoms with Crippen molar-refractivity contribution in [2.24, 2.45) is 0 Å². The molecule has 0 fully saturated rings. The third kappa shape index (κ3) is 2.04. The minimum atomic E-state index is -0.253. The van der Waals surface area contributed by atoms with E-state index in [-0.39, 0.29) is 10.8 Å². The second-order valence-corrected chi connectivity index (χ2v) is 6.20. The normalized spacial score (nSPS) is 17.9. The van der Waals surface area contributed by atoms with E-state index in [1.165, 1.54) is 5.56 Å². The number of hydrogen-bond acceptors (Lipinski definition) is 2. The third-order valence-corrected chi connectivity index (χ3v) is 4.20. The van der Waals surface area contributed by atoms with Gasteiger partial charge in [-0.05, 0) is 36.2 Å². The van der Waals surface area contributed by atoms with Gasteiger partial charge in [0.25, 0.3) is 0 Å². The molecule has 1 aliphatic heterocycles. The molecular formula is C16H17ClO2. The van der Waals surface area contributed by atoms with E-state index in [0.29, 0.717) is 0 Å². The molecule has 3 heteroatoms. The molecule has 1 aromatic heterocycles. The Morgan fingerprint density at radius 1 is 1.26 bits per heavy atom. The second-order valence-electron chi connectivity index (χ2n) is 5.76. The fraction of sp³-hybridized carbons (Fsp3) is 0.375. The maximum atomic E-state index is 6.54. The van der Waals surface area contributed by atoms with Gasteiger partial charge in [0.2, 0.25) is 0 Å². The van der Waals surface area contributed by atoms with E-state index >= 15 is 0 Å². The molecule has 3 rings (SSSR count). The van der Waals surface area contributed by atoms with Gasteiger partial charge in [0.05, 0.1) is 12.9 Å². The van der Waals surface area contributed by atoms with E-state index in [4.69, 9.17) is 20.8 Å². The molecule has 0 N–H and O–H groups in total. The lowest BCUT2D eigenvalue weighted by atomic mass is 9.85. The van der Waals surface area contributed by atoms with Gasteiger partial charge >= 0.3 is 0 Å². The first-order valence-corrected chi connectivity index (χ1v) is 6.88. The predicted molar refractivity (Wildman–Crippen MR) is 76.1 cm³/mol. The molecule has 2 nitrogen and oxygen atoms in total. The predicted octanol–water partition coefficient (Wildman–Crippen LogP) is 4.59. The summed E-state index contributed by atoms with van der Waals surface area (Å²) in [6.45, 7) is 7.10. The van der Waals surface area contributed by atoms with Crippen LogP contribution >= 0.6 is 11.6 Å². The van der Waals surface area contributed by atoms with Crippen LogP contribution in [0, 0.1) is 6.92 Å². The van der Waals surface area contributed by atoms with Gasteiger partial charge in [0.1, 0.15) is 16.9 Å². The number of halogens is 1. The molecule has 1 aromatic carbocycles. The summed E-state index contributed by atoms with van der Waals surface area (Å²) in [7, 11) is 0. The lowest BCUT2D eigenvalue weighted by molar-refractivity contribution is 0.291.